The Balaban J connectivity index is 1.14. The van der Waals surface area contributed by atoms with Crippen molar-refractivity contribution in [1.29, 1.82) is 0 Å². The Kier molecular flexibility index (Phi) is 5.81. The second kappa shape index (κ2) is 8.48. The summed E-state index contributed by atoms with van der Waals surface area (Å²) in [5.74, 6) is 3.51. The summed E-state index contributed by atoms with van der Waals surface area (Å²) in [6.07, 6.45) is 12.5. The van der Waals surface area contributed by atoms with Gasteiger partial charge in [0.1, 0.15) is 19.5 Å². The number of ether oxygens (including phenoxy) is 3. The number of hydrogen-bond acceptors (Lipinski definition) is 5. The van der Waals surface area contributed by atoms with Gasteiger partial charge in [0, 0.05) is 25.7 Å². The van der Waals surface area contributed by atoms with E-state index in [2.05, 4.69) is 31.9 Å². The summed E-state index contributed by atoms with van der Waals surface area (Å²) in [7, 11) is 4.27. The van der Waals surface area contributed by atoms with Crippen molar-refractivity contribution in [3.05, 3.63) is 11.6 Å². The predicted molar refractivity (Wildman–Crippen MR) is 130 cm³/mol. The number of fused-ring (bicyclic) bond motifs is 4. The summed E-state index contributed by atoms with van der Waals surface area (Å²) in [4.78, 5) is 17.2. The van der Waals surface area contributed by atoms with E-state index in [0.717, 1.165) is 42.6 Å². The third-order valence-corrected chi connectivity index (χ3v) is 11.6. The minimum absolute atomic E-state index is 0.127. The fraction of sp³-hybridized carbons (Fsp3) is 0.893. The summed E-state index contributed by atoms with van der Waals surface area (Å²) >= 11 is 0. The van der Waals surface area contributed by atoms with E-state index in [0.29, 0.717) is 24.2 Å². The molecule has 0 aromatic heterocycles. The summed E-state index contributed by atoms with van der Waals surface area (Å²) in [6.45, 7) is 7.45. The van der Waals surface area contributed by atoms with Crippen LogP contribution < -0.4 is 0 Å². The maximum absolute atomic E-state index is 12.7. The van der Waals surface area contributed by atoms with Crippen molar-refractivity contribution >= 4 is 6.09 Å². The van der Waals surface area contributed by atoms with E-state index in [9.17, 15) is 4.79 Å². The number of nitrogens with zero attached hydrogens (tertiary/aromatic N) is 2. The average molecular weight is 473 g/mol. The van der Waals surface area contributed by atoms with Crippen LogP contribution in [0.3, 0.4) is 0 Å². The molecule has 0 aromatic carbocycles. The monoisotopic (exact) mass is 472 g/mol. The van der Waals surface area contributed by atoms with Crippen molar-refractivity contribution in [1.82, 2.24) is 9.80 Å². The van der Waals surface area contributed by atoms with Crippen LogP contribution in [-0.4, -0.2) is 74.7 Å². The molecule has 1 spiro atoms. The summed E-state index contributed by atoms with van der Waals surface area (Å²) < 4.78 is 16.2. The number of rotatable bonds is 3. The highest BCUT2D eigenvalue weighted by molar-refractivity contribution is 5.67. The first-order valence-electron chi connectivity index (χ1n) is 13.8. The zero-order valence-corrected chi connectivity index (χ0v) is 21.6. The second-order valence-electron chi connectivity index (χ2n) is 12.7. The van der Waals surface area contributed by atoms with Crippen LogP contribution in [0, 0.1) is 34.5 Å². The fourth-order valence-corrected chi connectivity index (χ4v) is 9.66. The van der Waals surface area contributed by atoms with E-state index in [1.165, 1.54) is 45.1 Å². The molecule has 6 heteroatoms. The average Bonchev–Trinajstić information content (AvgIpc) is 3.53. The van der Waals surface area contributed by atoms with Gasteiger partial charge < -0.3 is 24.0 Å². The third kappa shape index (κ3) is 3.42. The van der Waals surface area contributed by atoms with Crippen LogP contribution in [0.15, 0.2) is 11.6 Å². The molecule has 0 radical (unpaired) electrons. The molecular weight excluding hydrogens is 428 g/mol. The molecule has 2 heterocycles. The van der Waals surface area contributed by atoms with Gasteiger partial charge in [-0.3, -0.25) is 0 Å². The summed E-state index contributed by atoms with van der Waals surface area (Å²) in [5.41, 5.74) is 2.53. The third-order valence-electron chi connectivity index (χ3n) is 11.6. The zero-order chi connectivity index (χ0) is 23.7. The second-order valence-corrected chi connectivity index (χ2v) is 12.7. The molecule has 34 heavy (non-hydrogen) atoms. The van der Waals surface area contributed by atoms with Crippen molar-refractivity contribution < 1.29 is 19.0 Å². The Morgan fingerprint density at radius 2 is 2.03 bits per heavy atom. The van der Waals surface area contributed by atoms with Crippen LogP contribution in [-0.2, 0) is 14.2 Å². The van der Waals surface area contributed by atoms with E-state index in [1.807, 2.05) is 11.9 Å². The van der Waals surface area contributed by atoms with E-state index in [-0.39, 0.29) is 24.8 Å². The number of hydrogen-bond donors (Lipinski definition) is 0. The highest BCUT2D eigenvalue weighted by Gasteiger charge is 2.64. The minimum atomic E-state index is -0.227. The van der Waals surface area contributed by atoms with Gasteiger partial charge in [-0.05, 0) is 99.8 Å². The highest BCUT2D eigenvalue weighted by atomic mass is 16.7. The fourth-order valence-electron chi connectivity index (χ4n) is 9.66. The molecule has 9 atom stereocenters. The molecule has 0 aromatic rings. The largest absolute Gasteiger partial charge is 0.447 e. The first-order chi connectivity index (χ1) is 16.3. The van der Waals surface area contributed by atoms with E-state index in [1.54, 1.807) is 5.57 Å². The molecule has 3 saturated carbocycles. The molecule has 5 fully saturated rings. The predicted octanol–water partition coefficient (Wildman–Crippen LogP) is 4.69. The van der Waals surface area contributed by atoms with Gasteiger partial charge in [-0.2, -0.15) is 0 Å². The van der Waals surface area contributed by atoms with Crippen LogP contribution in [0.2, 0.25) is 0 Å². The molecule has 1 amide bonds. The first-order valence-corrected chi connectivity index (χ1v) is 13.8. The summed E-state index contributed by atoms with van der Waals surface area (Å²) in [6, 6.07) is 0.990. The molecule has 4 aliphatic carbocycles. The maximum Gasteiger partial charge on any atom is 0.409 e. The number of carbonyl (C=O) groups is 1. The molecular formula is C28H44N2O4. The lowest BCUT2D eigenvalue weighted by molar-refractivity contribution is -0.0439. The van der Waals surface area contributed by atoms with Gasteiger partial charge in [0.05, 0.1) is 6.61 Å². The Morgan fingerprint density at radius 1 is 1.21 bits per heavy atom. The Hall–Kier alpha value is -1.11. The number of likely N-dealkylation sites (tertiary alicyclic amines) is 1. The quantitative estimate of drug-likeness (QED) is 0.558. The Labute approximate surface area is 205 Å². The zero-order valence-electron chi connectivity index (χ0n) is 21.6. The Morgan fingerprint density at radius 3 is 2.82 bits per heavy atom. The van der Waals surface area contributed by atoms with Gasteiger partial charge >= 0.3 is 6.09 Å². The lowest BCUT2D eigenvalue weighted by atomic mass is 9.47. The topological polar surface area (TPSA) is 51.2 Å². The molecule has 0 bridgehead atoms. The van der Waals surface area contributed by atoms with Crippen molar-refractivity contribution in [3.63, 3.8) is 0 Å². The molecule has 6 aliphatic rings. The smallest absolute Gasteiger partial charge is 0.409 e. The maximum atomic E-state index is 12.7. The van der Waals surface area contributed by atoms with Gasteiger partial charge in [0.2, 0.25) is 0 Å². The number of carbonyl (C=O) groups excluding carboxylic acids is 1. The molecule has 2 aliphatic heterocycles. The molecule has 2 unspecified atom stereocenters. The van der Waals surface area contributed by atoms with E-state index in [4.69, 9.17) is 14.2 Å². The molecule has 0 N–H and O–H groups in total. The SMILES string of the molecule is C[C@H]1[C@H]2CC[C@H]3[C@@H]4CC=C5C[C@@H](N(C)C(=O)OCC6COCO6)CC[C@]5(C)[C@H]4CCC23CN1C. The van der Waals surface area contributed by atoms with Crippen molar-refractivity contribution in [2.45, 2.75) is 83.4 Å². The van der Waals surface area contributed by atoms with E-state index < -0.39 is 0 Å². The first kappa shape index (κ1) is 23.3. The van der Waals surface area contributed by atoms with Gasteiger partial charge in [-0.25, -0.2) is 4.79 Å². The van der Waals surface area contributed by atoms with Gasteiger partial charge in [-0.1, -0.05) is 18.6 Å². The van der Waals surface area contributed by atoms with Crippen LogP contribution >= 0.6 is 0 Å². The van der Waals surface area contributed by atoms with Crippen molar-refractivity contribution in [2.24, 2.45) is 34.5 Å². The van der Waals surface area contributed by atoms with Gasteiger partial charge in [0.15, 0.2) is 0 Å². The molecule has 6 rings (SSSR count). The van der Waals surface area contributed by atoms with E-state index >= 15 is 0 Å². The van der Waals surface area contributed by atoms with Gasteiger partial charge in [0.25, 0.3) is 0 Å². The highest BCUT2D eigenvalue weighted by Crippen LogP contribution is 2.68. The summed E-state index contributed by atoms with van der Waals surface area (Å²) in [5, 5.41) is 0. The number of allylic oxidation sites excluding steroid dienone is 1. The molecule has 190 valence electrons. The lowest BCUT2D eigenvalue weighted by Crippen LogP contribution is -2.53. The number of amides is 1. The van der Waals surface area contributed by atoms with Crippen LogP contribution in [0.25, 0.3) is 0 Å². The minimum Gasteiger partial charge on any atom is -0.447 e. The van der Waals surface area contributed by atoms with Crippen LogP contribution in [0.1, 0.15) is 65.2 Å². The standard InChI is InChI=1S/C28H44N2O4/c1-18-23-7-8-25-22-6-5-19-13-20(30(4)26(31)33-15-21-14-32-17-34-21)9-11-27(19,2)24(22)10-12-28(23,25)16-29(18)3/h5,18,20-25H,6-17H2,1-4H3/t18-,20-,21?,22+,23+,24-,25-,27-,28?/m0/s1. The van der Waals surface area contributed by atoms with Crippen molar-refractivity contribution in [3.8, 4) is 0 Å². The van der Waals surface area contributed by atoms with Crippen LogP contribution in [0.5, 0.6) is 0 Å². The Bertz CT molecular complexity index is 840. The van der Waals surface area contributed by atoms with Crippen LogP contribution in [0.4, 0.5) is 4.79 Å². The molecule has 2 saturated heterocycles. The lowest BCUT2D eigenvalue weighted by Gasteiger charge is -2.58. The van der Waals surface area contributed by atoms with Crippen molar-refractivity contribution in [2.75, 3.05) is 40.6 Å². The van der Waals surface area contributed by atoms with Gasteiger partial charge in [-0.15, -0.1) is 0 Å². The normalized spacial score (nSPS) is 47.9. The molecule has 6 nitrogen and oxygen atoms in total.